The van der Waals surface area contributed by atoms with Crippen LogP contribution < -0.4 is 5.32 Å². The summed E-state index contributed by atoms with van der Waals surface area (Å²) in [7, 11) is 3.31. The normalized spacial score (nSPS) is 13.6. The van der Waals surface area contributed by atoms with Gasteiger partial charge in [-0.15, -0.1) is 21.5 Å². The molecule has 0 bridgehead atoms. The van der Waals surface area contributed by atoms with Crippen molar-refractivity contribution in [3.05, 3.63) is 57.7 Å². The maximum atomic E-state index is 12.8. The molecule has 0 unspecified atom stereocenters. The smallest absolute Gasteiger partial charge is 0.341 e. The number of thioether (sulfide) groups is 1. The van der Waals surface area contributed by atoms with E-state index in [-0.39, 0.29) is 17.6 Å². The van der Waals surface area contributed by atoms with E-state index in [9.17, 15) is 9.59 Å². The van der Waals surface area contributed by atoms with Gasteiger partial charge in [-0.1, -0.05) is 54.9 Å². The van der Waals surface area contributed by atoms with E-state index in [4.69, 9.17) is 4.74 Å². The molecule has 1 aromatic carbocycles. The van der Waals surface area contributed by atoms with E-state index in [1.54, 1.807) is 0 Å². The predicted molar refractivity (Wildman–Crippen MR) is 136 cm³/mol. The van der Waals surface area contributed by atoms with Crippen molar-refractivity contribution in [3.8, 4) is 0 Å². The van der Waals surface area contributed by atoms with Crippen LogP contribution in [-0.2, 0) is 42.3 Å². The molecular formula is C25H30N4O3S2. The quantitative estimate of drug-likeness (QED) is 0.353. The first-order valence-electron chi connectivity index (χ1n) is 11.6. The Morgan fingerprint density at radius 1 is 1.09 bits per heavy atom. The molecule has 0 radical (unpaired) electrons. The van der Waals surface area contributed by atoms with Gasteiger partial charge in [0.1, 0.15) is 10.8 Å². The molecule has 3 aromatic rings. The Bertz CT molecular complexity index is 1140. The average Bonchev–Trinajstić information content (AvgIpc) is 3.35. The van der Waals surface area contributed by atoms with E-state index in [1.165, 1.54) is 53.5 Å². The molecule has 1 aliphatic rings. The zero-order valence-electron chi connectivity index (χ0n) is 19.6. The number of amides is 1. The molecule has 1 aliphatic carbocycles. The Morgan fingerprint density at radius 2 is 1.85 bits per heavy atom. The molecule has 7 nitrogen and oxygen atoms in total. The molecule has 0 atom stereocenters. The van der Waals surface area contributed by atoms with Gasteiger partial charge >= 0.3 is 5.97 Å². The molecular weight excluding hydrogens is 468 g/mol. The summed E-state index contributed by atoms with van der Waals surface area (Å²) in [4.78, 5) is 26.5. The molecule has 2 aromatic heterocycles. The standard InChI is InChI=1S/C25H30N4O3S2/c1-29-20(15-14-17-10-6-5-7-11-17)27-28-25(29)33-16-21(30)26-23-22(24(31)32-2)18-12-8-3-4-9-13-19(18)34-23/h5-7,10-11H,3-4,8-9,12-16H2,1-2H3,(H,26,30). The number of benzene rings is 1. The highest BCUT2D eigenvalue weighted by Gasteiger charge is 2.26. The minimum Gasteiger partial charge on any atom is -0.465 e. The first-order valence-corrected chi connectivity index (χ1v) is 13.4. The van der Waals surface area contributed by atoms with Crippen molar-refractivity contribution in [2.75, 3.05) is 18.2 Å². The maximum Gasteiger partial charge on any atom is 0.341 e. The van der Waals surface area contributed by atoms with Gasteiger partial charge in [-0.25, -0.2) is 4.79 Å². The van der Waals surface area contributed by atoms with E-state index in [1.807, 2.05) is 29.8 Å². The summed E-state index contributed by atoms with van der Waals surface area (Å²) in [5, 5.41) is 12.8. The van der Waals surface area contributed by atoms with Crippen molar-refractivity contribution in [3.63, 3.8) is 0 Å². The maximum absolute atomic E-state index is 12.8. The van der Waals surface area contributed by atoms with Crippen molar-refractivity contribution < 1.29 is 14.3 Å². The van der Waals surface area contributed by atoms with Crippen LogP contribution in [0.3, 0.4) is 0 Å². The minimum atomic E-state index is -0.377. The van der Waals surface area contributed by atoms with Crippen molar-refractivity contribution in [1.82, 2.24) is 14.8 Å². The van der Waals surface area contributed by atoms with E-state index >= 15 is 0 Å². The van der Waals surface area contributed by atoms with E-state index in [0.29, 0.717) is 15.7 Å². The highest BCUT2D eigenvalue weighted by molar-refractivity contribution is 7.99. The fraction of sp³-hybridized carbons (Fsp3) is 0.440. The number of ether oxygens (including phenoxy) is 1. The molecule has 1 N–H and O–H groups in total. The number of carbonyl (C=O) groups is 2. The molecule has 0 fully saturated rings. The first-order chi connectivity index (χ1) is 16.6. The van der Waals surface area contributed by atoms with Gasteiger partial charge in [0.2, 0.25) is 5.91 Å². The molecule has 0 saturated heterocycles. The Kier molecular flexibility index (Phi) is 8.39. The highest BCUT2D eigenvalue weighted by Crippen LogP contribution is 2.37. The van der Waals surface area contributed by atoms with Gasteiger partial charge in [-0.05, 0) is 43.2 Å². The van der Waals surface area contributed by atoms with E-state index in [0.717, 1.165) is 49.9 Å². The largest absolute Gasteiger partial charge is 0.465 e. The molecule has 2 heterocycles. The summed E-state index contributed by atoms with van der Waals surface area (Å²) < 4.78 is 6.99. The second kappa shape index (κ2) is 11.7. The number of nitrogens with zero attached hydrogens (tertiary/aromatic N) is 3. The Hall–Kier alpha value is -2.65. The van der Waals surface area contributed by atoms with Crippen molar-refractivity contribution in [1.29, 1.82) is 0 Å². The highest BCUT2D eigenvalue weighted by atomic mass is 32.2. The number of carbonyl (C=O) groups excluding carboxylic acids is 2. The summed E-state index contributed by atoms with van der Waals surface area (Å²) in [6.45, 7) is 0. The van der Waals surface area contributed by atoms with Gasteiger partial charge in [0.05, 0.1) is 18.4 Å². The third kappa shape index (κ3) is 5.88. The van der Waals surface area contributed by atoms with E-state index in [2.05, 4.69) is 27.6 Å². The molecule has 1 amide bonds. The molecule has 0 spiro atoms. The van der Waals surface area contributed by atoms with Gasteiger partial charge in [0, 0.05) is 18.3 Å². The van der Waals surface area contributed by atoms with Crippen LogP contribution in [0.4, 0.5) is 5.00 Å². The average molecular weight is 499 g/mol. The first kappa shape index (κ1) is 24.5. The lowest BCUT2D eigenvalue weighted by Crippen LogP contribution is -2.16. The van der Waals surface area contributed by atoms with Crippen LogP contribution in [0.5, 0.6) is 0 Å². The number of esters is 1. The van der Waals surface area contributed by atoms with E-state index < -0.39 is 0 Å². The van der Waals surface area contributed by atoms with Crippen LogP contribution >= 0.6 is 23.1 Å². The van der Waals surface area contributed by atoms with Crippen LogP contribution in [0.25, 0.3) is 0 Å². The second-order valence-corrected chi connectivity index (χ2v) is 10.4. The molecule has 34 heavy (non-hydrogen) atoms. The van der Waals surface area contributed by atoms with Crippen molar-refractivity contribution >= 4 is 40.0 Å². The number of aryl methyl sites for hydroxylation is 3. The van der Waals surface area contributed by atoms with Gasteiger partial charge in [0.15, 0.2) is 5.16 Å². The molecule has 180 valence electrons. The third-order valence-electron chi connectivity index (χ3n) is 6.05. The SMILES string of the molecule is COC(=O)c1c(NC(=O)CSc2nnc(CCc3ccccc3)n2C)sc2c1CCCCCC2. The number of aromatic nitrogens is 3. The number of methoxy groups -OCH3 is 1. The van der Waals surface area contributed by atoms with Gasteiger partial charge in [-0.3, -0.25) is 4.79 Å². The number of fused-ring (bicyclic) bond motifs is 1. The van der Waals surface area contributed by atoms with Crippen LogP contribution in [0.2, 0.25) is 0 Å². The number of anilines is 1. The van der Waals surface area contributed by atoms with Crippen molar-refractivity contribution in [2.24, 2.45) is 7.05 Å². The van der Waals surface area contributed by atoms with Gasteiger partial charge in [0.25, 0.3) is 0 Å². The lowest BCUT2D eigenvalue weighted by molar-refractivity contribution is -0.113. The van der Waals surface area contributed by atoms with Crippen LogP contribution in [0.1, 0.15) is 57.9 Å². The summed E-state index contributed by atoms with van der Waals surface area (Å²) >= 11 is 2.86. The predicted octanol–water partition coefficient (Wildman–Crippen LogP) is 4.84. The lowest BCUT2D eigenvalue weighted by Gasteiger charge is -2.11. The number of rotatable bonds is 8. The molecule has 9 heteroatoms. The summed E-state index contributed by atoms with van der Waals surface area (Å²) in [6, 6.07) is 10.3. The van der Waals surface area contributed by atoms with Crippen molar-refractivity contribution in [2.45, 2.75) is 56.5 Å². The minimum absolute atomic E-state index is 0.168. The molecule has 0 saturated carbocycles. The monoisotopic (exact) mass is 498 g/mol. The molecule has 0 aliphatic heterocycles. The number of hydrogen-bond donors (Lipinski definition) is 1. The summed E-state index contributed by atoms with van der Waals surface area (Å²) in [5.74, 6) is 0.529. The van der Waals surface area contributed by atoms with Gasteiger partial charge < -0.3 is 14.6 Å². The Morgan fingerprint density at radius 3 is 2.62 bits per heavy atom. The fourth-order valence-corrected chi connectivity index (χ4v) is 6.23. The van der Waals surface area contributed by atoms with Crippen LogP contribution in [0.15, 0.2) is 35.5 Å². The number of nitrogens with one attached hydrogen (secondary N) is 1. The number of thiophene rings is 1. The summed E-state index contributed by atoms with van der Waals surface area (Å²) in [5.41, 5.74) is 2.84. The lowest BCUT2D eigenvalue weighted by atomic mass is 9.96. The van der Waals surface area contributed by atoms with Crippen LogP contribution in [-0.4, -0.2) is 39.5 Å². The zero-order chi connectivity index (χ0) is 23.9. The summed E-state index contributed by atoms with van der Waals surface area (Å²) in [6.07, 6.45) is 7.99. The second-order valence-electron chi connectivity index (χ2n) is 8.39. The topological polar surface area (TPSA) is 86.1 Å². The Balaban J connectivity index is 1.39. The Labute approximate surface area is 208 Å². The third-order valence-corrected chi connectivity index (χ3v) is 8.28. The zero-order valence-corrected chi connectivity index (χ0v) is 21.3. The number of hydrogen-bond acceptors (Lipinski definition) is 7. The molecule has 4 rings (SSSR count). The van der Waals surface area contributed by atoms with Crippen LogP contribution in [0, 0.1) is 0 Å². The van der Waals surface area contributed by atoms with Gasteiger partial charge in [-0.2, -0.15) is 0 Å². The fourth-order valence-electron chi connectivity index (χ4n) is 4.21.